The lowest BCUT2D eigenvalue weighted by molar-refractivity contribution is 0.525. The molecular weight excluding hydrogens is 234 g/mol. The molecule has 1 aliphatic rings. The van der Waals surface area contributed by atoms with Crippen molar-refractivity contribution in [2.75, 3.05) is 6.26 Å². The molecule has 2 unspecified atom stereocenters. The van der Waals surface area contributed by atoms with E-state index in [4.69, 9.17) is 0 Å². The third kappa shape index (κ3) is 3.02. The van der Waals surface area contributed by atoms with Gasteiger partial charge in [0.1, 0.15) is 0 Å². The maximum atomic E-state index is 3.71. The van der Waals surface area contributed by atoms with Crippen LogP contribution >= 0.6 is 23.1 Å². The van der Waals surface area contributed by atoms with Gasteiger partial charge in [0.25, 0.3) is 0 Å². The van der Waals surface area contributed by atoms with Crippen molar-refractivity contribution >= 4 is 23.1 Å². The first-order chi connectivity index (χ1) is 7.69. The molecular formula is C13H21NS2. The maximum Gasteiger partial charge on any atom is 0.0219 e. The summed E-state index contributed by atoms with van der Waals surface area (Å²) in [6.07, 6.45) is 6.33. The summed E-state index contributed by atoms with van der Waals surface area (Å²) in [4.78, 5) is 2.91. The number of thioether (sulfide) groups is 1. The molecule has 1 N–H and O–H groups in total. The Morgan fingerprint density at radius 3 is 2.81 bits per heavy atom. The van der Waals surface area contributed by atoms with Gasteiger partial charge in [-0.15, -0.1) is 11.3 Å². The van der Waals surface area contributed by atoms with E-state index >= 15 is 0 Å². The minimum atomic E-state index is 0.747. The maximum absolute atomic E-state index is 3.71. The van der Waals surface area contributed by atoms with E-state index in [1.807, 2.05) is 23.1 Å². The molecule has 0 radical (unpaired) electrons. The van der Waals surface area contributed by atoms with E-state index in [1.54, 1.807) is 0 Å². The fourth-order valence-corrected chi connectivity index (χ4v) is 4.20. The molecule has 1 aromatic heterocycles. The highest BCUT2D eigenvalue weighted by Gasteiger charge is 2.23. The van der Waals surface area contributed by atoms with E-state index in [0.717, 1.165) is 17.8 Å². The first kappa shape index (κ1) is 12.5. The van der Waals surface area contributed by atoms with Crippen LogP contribution in [0.4, 0.5) is 0 Å². The number of hydrogen-bond acceptors (Lipinski definition) is 3. The number of aryl methyl sites for hydroxylation is 2. The molecule has 0 aliphatic heterocycles. The van der Waals surface area contributed by atoms with Crippen molar-refractivity contribution in [3.8, 4) is 0 Å². The van der Waals surface area contributed by atoms with E-state index in [-0.39, 0.29) is 0 Å². The van der Waals surface area contributed by atoms with Crippen LogP contribution in [-0.2, 0) is 6.54 Å². The average molecular weight is 255 g/mol. The molecule has 2 atom stereocenters. The van der Waals surface area contributed by atoms with Crippen LogP contribution in [0, 0.1) is 13.8 Å². The van der Waals surface area contributed by atoms with E-state index in [0.29, 0.717) is 0 Å². The fourth-order valence-electron chi connectivity index (χ4n) is 2.45. The van der Waals surface area contributed by atoms with Crippen LogP contribution in [0.15, 0.2) is 6.07 Å². The summed E-state index contributed by atoms with van der Waals surface area (Å²) < 4.78 is 0. The second-order valence-electron chi connectivity index (χ2n) is 4.69. The Morgan fingerprint density at radius 2 is 2.25 bits per heavy atom. The van der Waals surface area contributed by atoms with E-state index in [1.165, 1.54) is 34.6 Å². The summed E-state index contributed by atoms with van der Waals surface area (Å²) in [5.74, 6) is 0. The zero-order valence-corrected chi connectivity index (χ0v) is 12.0. The van der Waals surface area contributed by atoms with Crippen molar-refractivity contribution in [2.45, 2.75) is 50.9 Å². The van der Waals surface area contributed by atoms with Gasteiger partial charge in [-0.1, -0.05) is 0 Å². The summed E-state index contributed by atoms with van der Waals surface area (Å²) in [6.45, 7) is 5.48. The molecule has 1 saturated carbocycles. The van der Waals surface area contributed by atoms with Crippen molar-refractivity contribution in [1.82, 2.24) is 5.32 Å². The average Bonchev–Trinajstić information content (AvgIpc) is 2.82. The van der Waals surface area contributed by atoms with Crippen molar-refractivity contribution in [3.05, 3.63) is 21.4 Å². The molecule has 0 bridgehead atoms. The van der Waals surface area contributed by atoms with Crippen LogP contribution in [0.2, 0.25) is 0 Å². The molecule has 1 aromatic rings. The lowest BCUT2D eigenvalue weighted by Crippen LogP contribution is -2.26. The fraction of sp³-hybridized carbons (Fsp3) is 0.692. The molecule has 90 valence electrons. The summed E-state index contributed by atoms with van der Waals surface area (Å²) in [6, 6.07) is 3.07. The van der Waals surface area contributed by atoms with Gasteiger partial charge in [0.15, 0.2) is 0 Å². The minimum absolute atomic E-state index is 0.747. The normalized spacial score (nSPS) is 25.2. The number of hydrogen-bond donors (Lipinski definition) is 1. The van der Waals surface area contributed by atoms with Gasteiger partial charge in [-0.05, 0) is 51.0 Å². The monoisotopic (exact) mass is 255 g/mol. The zero-order valence-electron chi connectivity index (χ0n) is 10.4. The third-order valence-electron chi connectivity index (χ3n) is 3.44. The highest BCUT2D eigenvalue weighted by Crippen LogP contribution is 2.28. The van der Waals surface area contributed by atoms with Crippen molar-refractivity contribution in [2.24, 2.45) is 0 Å². The summed E-state index contributed by atoms with van der Waals surface area (Å²) in [5.41, 5.74) is 1.50. The highest BCUT2D eigenvalue weighted by atomic mass is 32.2. The predicted molar refractivity (Wildman–Crippen MR) is 75.6 cm³/mol. The van der Waals surface area contributed by atoms with Gasteiger partial charge in [0, 0.05) is 27.6 Å². The van der Waals surface area contributed by atoms with Crippen molar-refractivity contribution < 1.29 is 0 Å². The van der Waals surface area contributed by atoms with Gasteiger partial charge in [-0.3, -0.25) is 0 Å². The highest BCUT2D eigenvalue weighted by molar-refractivity contribution is 7.99. The summed E-state index contributed by atoms with van der Waals surface area (Å²) in [7, 11) is 0. The molecule has 1 nitrogen and oxygen atoms in total. The van der Waals surface area contributed by atoms with E-state index in [2.05, 4.69) is 31.5 Å². The van der Waals surface area contributed by atoms with Crippen molar-refractivity contribution in [3.63, 3.8) is 0 Å². The third-order valence-corrected chi connectivity index (χ3v) is 5.55. The van der Waals surface area contributed by atoms with E-state index < -0.39 is 0 Å². The number of thiophene rings is 1. The number of rotatable bonds is 4. The predicted octanol–water partition coefficient (Wildman–Crippen LogP) is 3.74. The second-order valence-corrected chi connectivity index (χ2v) is 7.29. The SMILES string of the molecule is CSC1CCC(NCc2cc(C)sc2C)C1. The van der Waals surface area contributed by atoms with Gasteiger partial charge in [0.2, 0.25) is 0 Å². The Kier molecular flexibility index (Phi) is 4.34. The molecule has 0 amide bonds. The topological polar surface area (TPSA) is 12.0 Å². The van der Waals surface area contributed by atoms with Crippen molar-refractivity contribution in [1.29, 1.82) is 0 Å². The van der Waals surface area contributed by atoms with E-state index in [9.17, 15) is 0 Å². The van der Waals surface area contributed by atoms with Gasteiger partial charge in [-0.25, -0.2) is 0 Å². The van der Waals surface area contributed by atoms with Gasteiger partial charge < -0.3 is 5.32 Å². The summed E-state index contributed by atoms with van der Waals surface area (Å²) >= 11 is 3.94. The molecule has 0 saturated heterocycles. The summed E-state index contributed by atoms with van der Waals surface area (Å²) in [5, 5.41) is 4.60. The Bertz CT molecular complexity index is 346. The van der Waals surface area contributed by atoms with Gasteiger partial charge >= 0.3 is 0 Å². The van der Waals surface area contributed by atoms with Crippen LogP contribution in [0.1, 0.15) is 34.6 Å². The van der Waals surface area contributed by atoms with Crippen LogP contribution in [0.5, 0.6) is 0 Å². The molecule has 3 heteroatoms. The lowest BCUT2D eigenvalue weighted by atomic mass is 10.2. The van der Waals surface area contributed by atoms with Gasteiger partial charge in [0.05, 0.1) is 0 Å². The van der Waals surface area contributed by atoms with Crippen LogP contribution in [0.3, 0.4) is 0 Å². The molecule has 16 heavy (non-hydrogen) atoms. The lowest BCUT2D eigenvalue weighted by Gasteiger charge is -2.12. The smallest absolute Gasteiger partial charge is 0.0219 e. The Hall–Kier alpha value is 0.01000. The second kappa shape index (κ2) is 5.56. The van der Waals surface area contributed by atoms with Gasteiger partial charge in [-0.2, -0.15) is 11.8 Å². The molecule has 2 rings (SSSR count). The Balaban J connectivity index is 1.82. The molecule has 1 fully saturated rings. The first-order valence-electron chi connectivity index (χ1n) is 6.01. The van der Waals surface area contributed by atoms with Crippen LogP contribution in [0.25, 0.3) is 0 Å². The molecule has 1 heterocycles. The zero-order chi connectivity index (χ0) is 11.5. The Morgan fingerprint density at radius 1 is 1.44 bits per heavy atom. The quantitative estimate of drug-likeness (QED) is 0.879. The minimum Gasteiger partial charge on any atom is -0.310 e. The van der Waals surface area contributed by atoms with Crippen LogP contribution < -0.4 is 5.32 Å². The van der Waals surface area contributed by atoms with Crippen LogP contribution in [-0.4, -0.2) is 17.5 Å². The molecule has 0 spiro atoms. The standard InChI is InChI=1S/C13H21NS2/c1-9-6-11(10(2)16-9)8-14-12-4-5-13(7-12)15-3/h6,12-14H,4-5,7-8H2,1-3H3. The molecule has 1 aliphatic carbocycles. The Labute approximate surface area is 107 Å². The number of nitrogens with one attached hydrogen (secondary N) is 1. The largest absolute Gasteiger partial charge is 0.310 e. The molecule has 0 aromatic carbocycles. The first-order valence-corrected chi connectivity index (χ1v) is 8.11.